The van der Waals surface area contributed by atoms with Crippen molar-refractivity contribution in [3.05, 3.63) is 92.6 Å². The van der Waals surface area contributed by atoms with Crippen LogP contribution in [0.25, 0.3) is 21.9 Å². The minimum Gasteiger partial charge on any atom is -0.463 e. The van der Waals surface area contributed by atoms with Gasteiger partial charge in [-0.2, -0.15) is 0 Å². The van der Waals surface area contributed by atoms with Crippen molar-refractivity contribution in [2.24, 2.45) is 0 Å². The summed E-state index contributed by atoms with van der Waals surface area (Å²) in [5.41, 5.74) is 0.309. The molecule has 2 aromatic carbocycles. The average molecular weight is 545 g/mol. The molecule has 2 N–H and O–H groups in total. The van der Waals surface area contributed by atoms with Gasteiger partial charge in [-0.25, -0.2) is 0 Å². The van der Waals surface area contributed by atoms with Crippen LogP contribution in [0.15, 0.2) is 79.5 Å². The Morgan fingerprint density at radius 3 is 1.48 bits per heavy atom. The van der Waals surface area contributed by atoms with E-state index in [1.807, 2.05) is 0 Å². The van der Waals surface area contributed by atoms with Crippen LogP contribution in [0.3, 0.4) is 0 Å². The fourth-order valence-corrected chi connectivity index (χ4v) is 4.91. The van der Waals surface area contributed by atoms with Crippen LogP contribution >= 0.6 is 0 Å². The van der Waals surface area contributed by atoms with Gasteiger partial charge in [0.05, 0.1) is 10.8 Å². The van der Waals surface area contributed by atoms with Crippen LogP contribution in [0.4, 0.5) is 0 Å². The van der Waals surface area contributed by atoms with E-state index in [0.717, 1.165) is 52.1 Å². The van der Waals surface area contributed by atoms with Gasteiger partial charge in [-0.3, -0.25) is 19.2 Å². The zero-order chi connectivity index (χ0) is 27.9. The molecule has 0 aliphatic carbocycles. The van der Waals surface area contributed by atoms with Crippen LogP contribution in [-0.4, -0.2) is 74.0 Å². The Labute approximate surface area is 230 Å². The maximum atomic E-state index is 12.6. The van der Waals surface area contributed by atoms with Crippen molar-refractivity contribution in [1.29, 1.82) is 0 Å². The van der Waals surface area contributed by atoms with E-state index >= 15 is 0 Å². The second kappa shape index (κ2) is 12.7. The quantitative estimate of drug-likeness (QED) is 0.292. The van der Waals surface area contributed by atoms with E-state index in [2.05, 4.69) is 20.4 Å². The number of nitrogens with zero attached hydrogens (tertiary/aromatic N) is 2. The SMILES string of the molecule is O=C(NCCCN1CCN(CCCNC(=O)c2coc3ccccc3c2=O)CC1)c1coc2ccccc2c1=O. The van der Waals surface area contributed by atoms with E-state index in [9.17, 15) is 19.2 Å². The summed E-state index contributed by atoms with van der Waals surface area (Å²) in [5, 5.41) is 6.44. The lowest BCUT2D eigenvalue weighted by atomic mass is 10.1. The number of carbonyl (C=O) groups is 2. The van der Waals surface area contributed by atoms with Gasteiger partial charge in [0, 0.05) is 39.3 Å². The van der Waals surface area contributed by atoms with Crippen molar-refractivity contribution >= 4 is 33.8 Å². The number of para-hydroxylation sites is 2. The van der Waals surface area contributed by atoms with Crippen molar-refractivity contribution in [3.63, 3.8) is 0 Å². The molecule has 0 bridgehead atoms. The molecule has 4 aromatic rings. The zero-order valence-corrected chi connectivity index (χ0v) is 22.2. The van der Waals surface area contributed by atoms with Gasteiger partial charge in [0.2, 0.25) is 10.9 Å². The molecule has 208 valence electrons. The second-order valence-corrected chi connectivity index (χ2v) is 9.85. The van der Waals surface area contributed by atoms with Crippen LogP contribution in [0.2, 0.25) is 0 Å². The number of benzene rings is 2. The normalized spacial score (nSPS) is 14.4. The van der Waals surface area contributed by atoms with Gasteiger partial charge in [-0.1, -0.05) is 24.3 Å². The van der Waals surface area contributed by atoms with Gasteiger partial charge in [0.1, 0.15) is 34.8 Å². The molecule has 1 aliphatic rings. The standard InChI is InChI=1S/C30H32N4O6/c35-27-21-7-1-3-9-25(21)39-19-23(27)29(37)31-11-5-13-33-15-17-34(18-16-33)14-6-12-32-30(38)24-20-40-26-10-4-2-8-22(26)28(24)36/h1-4,7-10,19-20H,5-6,11-18H2,(H,31,37)(H,32,38). The van der Waals surface area contributed by atoms with Crippen LogP contribution in [0.1, 0.15) is 33.6 Å². The van der Waals surface area contributed by atoms with Crippen LogP contribution in [0, 0.1) is 0 Å². The summed E-state index contributed by atoms with van der Waals surface area (Å²) in [7, 11) is 0. The summed E-state index contributed by atoms with van der Waals surface area (Å²) < 4.78 is 10.9. The largest absolute Gasteiger partial charge is 0.463 e. The number of nitrogens with one attached hydrogen (secondary N) is 2. The molecular formula is C30H32N4O6. The van der Waals surface area contributed by atoms with Gasteiger partial charge in [-0.05, 0) is 50.2 Å². The van der Waals surface area contributed by atoms with Crippen molar-refractivity contribution in [3.8, 4) is 0 Å². The fraction of sp³-hybridized carbons (Fsp3) is 0.333. The Bertz CT molecular complexity index is 1500. The molecule has 1 fully saturated rings. The van der Waals surface area contributed by atoms with Gasteiger partial charge in [0.15, 0.2) is 0 Å². The van der Waals surface area contributed by atoms with E-state index in [4.69, 9.17) is 8.83 Å². The van der Waals surface area contributed by atoms with Gasteiger partial charge >= 0.3 is 0 Å². The summed E-state index contributed by atoms with van der Waals surface area (Å²) in [5.74, 6) is -0.837. The van der Waals surface area contributed by atoms with E-state index in [0.29, 0.717) is 35.0 Å². The molecular weight excluding hydrogens is 512 g/mol. The number of amides is 2. The monoisotopic (exact) mass is 544 g/mol. The van der Waals surface area contributed by atoms with Gasteiger partial charge in [0.25, 0.3) is 11.8 Å². The first kappa shape index (κ1) is 27.3. The maximum absolute atomic E-state index is 12.6. The lowest BCUT2D eigenvalue weighted by Gasteiger charge is -2.34. The molecule has 0 spiro atoms. The van der Waals surface area contributed by atoms with Crippen LogP contribution in [0.5, 0.6) is 0 Å². The smallest absolute Gasteiger partial charge is 0.258 e. The van der Waals surface area contributed by atoms with Gasteiger partial charge < -0.3 is 29.3 Å². The predicted octanol–water partition coefficient (Wildman–Crippen LogP) is 2.46. The van der Waals surface area contributed by atoms with Crippen molar-refractivity contribution < 1.29 is 18.4 Å². The maximum Gasteiger partial charge on any atom is 0.258 e. The Kier molecular flexibility index (Phi) is 8.68. The third kappa shape index (κ3) is 6.30. The lowest BCUT2D eigenvalue weighted by Crippen LogP contribution is -2.47. The van der Waals surface area contributed by atoms with E-state index in [1.54, 1.807) is 48.5 Å². The Morgan fingerprint density at radius 2 is 1.05 bits per heavy atom. The molecule has 10 heteroatoms. The number of carbonyl (C=O) groups excluding carboxylic acids is 2. The molecule has 10 nitrogen and oxygen atoms in total. The number of fused-ring (bicyclic) bond motifs is 2. The Balaban J connectivity index is 0.971. The van der Waals surface area contributed by atoms with Crippen molar-refractivity contribution in [1.82, 2.24) is 20.4 Å². The number of rotatable bonds is 10. The summed E-state index contributed by atoms with van der Waals surface area (Å²) in [6, 6.07) is 13.7. The van der Waals surface area contributed by atoms with Crippen LogP contribution < -0.4 is 21.5 Å². The molecule has 1 saturated heterocycles. The lowest BCUT2D eigenvalue weighted by molar-refractivity contribution is 0.0932. The van der Waals surface area contributed by atoms with Crippen LogP contribution in [-0.2, 0) is 0 Å². The molecule has 3 heterocycles. The molecule has 0 saturated carbocycles. The first-order valence-electron chi connectivity index (χ1n) is 13.5. The third-order valence-electron chi connectivity index (χ3n) is 7.19. The molecule has 5 rings (SSSR count). The Hall–Kier alpha value is -4.28. The Morgan fingerprint density at radius 1 is 0.650 bits per heavy atom. The fourth-order valence-electron chi connectivity index (χ4n) is 4.91. The summed E-state index contributed by atoms with van der Waals surface area (Å²) >= 11 is 0. The highest BCUT2D eigenvalue weighted by Gasteiger charge is 2.18. The minimum atomic E-state index is -0.419. The molecule has 40 heavy (non-hydrogen) atoms. The first-order chi connectivity index (χ1) is 19.5. The van der Waals surface area contributed by atoms with E-state index < -0.39 is 11.8 Å². The van der Waals surface area contributed by atoms with Gasteiger partial charge in [-0.15, -0.1) is 0 Å². The molecule has 2 aromatic heterocycles. The minimum absolute atomic E-state index is 0.0178. The summed E-state index contributed by atoms with van der Waals surface area (Å²) in [6.45, 7) is 6.34. The first-order valence-corrected chi connectivity index (χ1v) is 13.5. The number of piperazine rings is 1. The summed E-state index contributed by atoms with van der Waals surface area (Å²) in [6.07, 6.45) is 4.01. The van der Waals surface area contributed by atoms with E-state index in [-0.39, 0.29) is 22.0 Å². The van der Waals surface area contributed by atoms with Crippen molar-refractivity contribution in [2.45, 2.75) is 12.8 Å². The summed E-state index contributed by atoms with van der Waals surface area (Å²) in [4.78, 5) is 54.8. The topological polar surface area (TPSA) is 125 Å². The highest BCUT2D eigenvalue weighted by atomic mass is 16.3. The van der Waals surface area contributed by atoms with E-state index in [1.165, 1.54) is 12.5 Å². The molecule has 2 amide bonds. The second-order valence-electron chi connectivity index (χ2n) is 9.85. The molecule has 0 unspecified atom stereocenters. The zero-order valence-electron chi connectivity index (χ0n) is 22.2. The average Bonchev–Trinajstić information content (AvgIpc) is 2.98. The molecule has 0 atom stereocenters. The molecule has 0 radical (unpaired) electrons. The molecule has 1 aliphatic heterocycles. The number of hydrogen-bond acceptors (Lipinski definition) is 8. The third-order valence-corrected chi connectivity index (χ3v) is 7.19. The highest BCUT2D eigenvalue weighted by Crippen LogP contribution is 2.11. The predicted molar refractivity (Wildman–Crippen MR) is 152 cm³/mol. The number of hydrogen-bond donors (Lipinski definition) is 2. The highest BCUT2D eigenvalue weighted by molar-refractivity contribution is 5.97. The van der Waals surface area contributed by atoms with Crippen molar-refractivity contribution in [2.75, 3.05) is 52.4 Å².